The fraction of sp³-hybridized carbons (Fsp3) is 0.379. The maximum Gasteiger partial charge on any atom is 0.217 e. The zero-order valence-corrected chi connectivity index (χ0v) is 21.1. The molecule has 2 heterocycles. The second-order valence-electron chi connectivity index (χ2n) is 9.50. The van der Waals surface area contributed by atoms with E-state index in [1.165, 1.54) is 13.8 Å². The minimum absolute atomic E-state index is 0.159. The van der Waals surface area contributed by atoms with E-state index in [4.69, 9.17) is 23.7 Å². The Kier molecular flexibility index (Phi) is 8.01. The molecule has 2 aliphatic heterocycles. The Morgan fingerprint density at radius 3 is 2.50 bits per heavy atom. The summed E-state index contributed by atoms with van der Waals surface area (Å²) in [7, 11) is 0. The first-order valence-electron chi connectivity index (χ1n) is 12.6. The fourth-order valence-corrected chi connectivity index (χ4v) is 4.84. The molecule has 0 saturated carbocycles. The molecule has 3 aromatic rings. The second-order valence-corrected chi connectivity index (χ2v) is 9.50. The van der Waals surface area contributed by atoms with Gasteiger partial charge >= 0.3 is 0 Å². The van der Waals surface area contributed by atoms with Crippen LogP contribution < -0.4 is 10.4 Å². The van der Waals surface area contributed by atoms with Crippen molar-refractivity contribution in [1.29, 1.82) is 0 Å². The van der Waals surface area contributed by atoms with Crippen molar-refractivity contribution >= 4 is 22.6 Å². The number of amides is 1. The second kappa shape index (κ2) is 11.6. The minimum atomic E-state index is -1.38. The molecule has 0 radical (unpaired) electrons. The predicted molar refractivity (Wildman–Crippen MR) is 134 cm³/mol. The molecular formula is C29H30NO8-. The van der Waals surface area contributed by atoms with Gasteiger partial charge in [0.2, 0.25) is 5.91 Å². The third-order valence-electron chi connectivity index (χ3n) is 6.70. The molecule has 0 bridgehead atoms. The molecule has 1 N–H and O–H groups in total. The Labute approximate surface area is 220 Å². The van der Waals surface area contributed by atoms with Gasteiger partial charge < -0.3 is 38.9 Å². The number of benzene rings is 3. The van der Waals surface area contributed by atoms with Gasteiger partial charge in [-0.25, -0.2) is 0 Å². The number of hydrogen-bond acceptors (Lipinski definition) is 8. The zero-order valence-electron chi connectivity index (χ0n) is 21.1. The summed E-state index contributed by atoms with van der Waals surface area (Å²) in [6.45, 7) is 3.10. The molecular weight excluding hydrogens is 490 g/mol. The van der Waals surface area contributed by atoms with Gasteiger partial charge in [0.05, 0.1) is 25.3 Å². The average Bonchev–Trinajstić information content (AvgIpc) is 2.93. The molecule has 9 heteroatoms. The summed E-state index contributed by atoms with van der Waals surface area (Å²) >= 11 is 0. The number of carboxylic acids is 1. The minimum Gasteiger partial charge on any atom is -0.547 e. The average molecular weight is 521 g/mol. The van der Waals surface area contributed by atoms with Gasteiger partial charge in [-0.15, -0.1) is 0 Å². The standard InChI is InChI=1S/C29H31NO8/c1-17(27(32)33)36-26-24(30-18(2)31)29(34-15-19-12-13-20-8-6-7-11-22(20)14-19)37-23-16-35-28(38-25(23)26)21-9-4-3-5-10-21/h3-14,17,23-26,28-29H,15-16H2,1-2H3,(H,30,31)(H,32,33)/p-1/t17-,23-,24-,25-,26-,28+,29+/m0/s1. The highest BCUT2D eigenvalue weighted by Crippen LogP contribution is 2.36. The molecule has 38 heavy (non-hydrogen) atoms. The van der Waals surface area contributed by atoms with Crippen molar-refractivity contribution in [3.63, 3.8) is 0 Å². The highest BCUT2D eigenvalue weighted by atomic mass is 16.8. The van der Waals surface area contributed by atoms with Crippen molar-refractivity contribution in [3.8, 4) is 0 Å². The number of hydrogen-bond donors (Lipinski definition) is 1. The van der Waals surface area contributed by atoms with E-state index < -0.39 is 49.0 Å². The summed E-state index contributed by atoms with van der Waals surface area (Å²) in [5.74, 6) is -1.73. The lowest BCUT2D eigenvalue weighted by molar-refractivity contribution is -0.358. The van der Waals surface area contributed by atoms with E-state index in [0.29, 0.717) is 0 Å². The highest BCUT2D eigenvalue weighted by Gasteiger charge is 2.52. The van der Waals surface area contributed by atoms with E-state index in [1.54, 1.807) is 0 Å². The van der Waals surface area contributed by atoms with E-state index in [9.17, 15) is 14.7 Å². The van der Waals surface area contributed by atoms with Gasteiger partial charge in [-0.3, -0.25) is 4.79 Å². The fourth-order valence-electron chi connectivity index (χ4n) is 4.84. The van der Waals surface area contributed by atoms with Crippen LogP contribution in [0.3, 0.4) is 0 Å². The van der Waals surface area contributed by atoms with Crippen LogP contribution in [0.2, 0.25) is 0 Å². The van der Waals surface area contributed by atoms with Gasteiger partial charge in [0.1, 0.15) is 24.4 Å². The van der Waals surface area contributed by atoms with Crippen molar-refractivity contribution < 1.29 is 38.4 Å². The van der Waals surface area contributed by atoms with E-state index >= 15 is 0 Å². The van der Waals surface area contributed by atoms with Crippen LogP contribution in [0.15, 0.2) is 72.8 Å². The molecule has 5 rings (SSSR count). The van der Waals surface area contributed by atoms with Crippen molar-refractivity contribution in [2.24, 2.45) is 0 Å². The van der Waals surface area contributed by atoms with E-state index in [-0.39, 0.29) is 19.1 Å². The van der Waals surface area contributed by atoms with E-state index in [2.05, 4.69) is 5.32 Å². The number of ether oxygens (including phenoxy) is 5. The van der Waals surface area contributed by atoms with Crippen molar-refractivity contribution in [2.75, 3.05) is 6.61 Å². The van der Waals surface area contributed by atoms with Crippen molar-refractivity contribution in [1.82, 2.24) is 5.32 Å². The van der Waals surface area contributed by atoms with Crippen LogP contribution in [-0.2, 0) is 39.9 Å². The summed E-state index contributed by atoms with van der Waals surface area (Å²) < 4.78 is 30.5. The van der Waals surface area contributed by atoms with Crippen LogP contribution in [0.25, 0.3) is 10.8 Å². The van der Waals surface area contributed by atoms with Crippen LogP contribution >= 0.6 is 0 Å². The Morgan fingerprint density at radius 1 is 1.03 bits per heavy atom. The van der Waals surface area contributed by atoms with Crippen molar-refractivity contribution in [3.05, 3.63) is 83.9 Å². The predicted octanol–water partition coefficient (Wildman–Crippen LogP) is 2.22. The zero-order chi connectivity index (χ0) is 26.6. The van der Waals surface area contributed by atoms with Crippen LogP contribution in [-0.4, -0.2) is 55.2 Å². The molecule has 7 atom stereocenters. The normalized spacial score (nSPS) is 27.8. The SMILES string of the molecule is CC(=O)N[C@@H]1[C@H](OCc2ccc3ccccc3c2)O[C@H]2CO[C@@H](c3ccccc3)O[C@@H]2[C@H]1O[C@@H](C)C(=O)[O-]. The van der Waals surface area contributed by atoms with Crippen LogP contribution in [0.4, 0.5) is 0 Å². The van der Waals surface area contributed by atoms with Crippen LogP contribution in [0, 0.1) is 0 Å². The Morgan fingerprint density at radius 2 is 1.76 bits per heavy atom. The summed E-state index contributed by atoms with van der Waals surface area (Å²) in [4.78, 5) is 23.8. The third kappa shape index (κ3) is 5.87. The largest absolute Gasteiger partial charge is 0.547 e. The lowest BCUT2D eigenvalue weighted by Crippen LogP contribution is -2.68. The Hall–Kier alpha value is -3.34. The number of fused-ring (bicyclic) bond motifs is 2. The van der Waals surface area contributed by atoms with Crippen LogP contribution in [0.1, 0.15) is 31.3 Å². The summed E-state index contributed by atoms with van der Waals surface area (Å²) in [6, 6.07) is 22.5. The summed E-state index contributed by atoms with van der Waals surface area (Å²) in [5.41, 5.74) is 1.71. The summed E-state index contributed by atoms with van der Waals surface area (Å²) in [5, 5.41) is 16.6. The summed E-state index contributed by atoms with van der Waals surface area (Å²) in [6.07, 6.45) is -5.21. The maximum atomic E-state index is 12.2. The topological polar surface area (TPSA) is 115 Å². The third-order valence-corrected chi connectivity index (χ3v) is 6.70. The number of rotatable bonds is 8. The number of carboxylic acid groups (broad SMARTS) is 1. The maximum absolute atomic E-state index is 12.2. The number of aliphatic carboxylic acids is 1. The molecule has 2 aliphatic rings. The lowest BCUT2D eigenvalue weighted by atomic mass is 9.95. The molecule has 0 unspecified atom stereocenters. The van der Waals surface area contributed by atoms with Gasteiger partial charge in [0.25, 0.3) is 0 Å². The molecule has 2 fully saturated rings. The number of carbonyl (C=O) groups is 2. The van der Waals surface area contributed by atoms with Gasteiger partial charge in [-0.2, -0.15) is 0 Å². The molecule has 0 aliphatic carbocycles. The number of carbonyl (C=O) groups excluding carboxylic acids is 2. The first-order chi connectivity index (χ1) is 18.4. The van der Waals surface area contributed by atoms with Crippen LogP contribution in [0.5, 0.6) is 0 Å². The highest BCUT2D eigenvalue weighted by molar-refractivity contribution is 5.82. The smallest absolute Gasteiger partial charge is 0.217 e. The van der Waals surface area contributed by atoms with Crippen molar-refractivity contribution in [2.45, 2.75) is 63.5 Å². The quantitative estimate of drug-likeness (QED) is 0.481. The molecule has 1 amide bonds. The van der Waals surface area contributed by atoms with E-state index in [0.717, 1.165) is 21.9 Å². The first kappa shape index (κ1) is 26.3. The molecule has 200 valence electrons. The molecule has 0 aromatic heterocycles. The monoisotopic (exact) mass is 520 g/mol. The Balaban J connectivity index is 1.40. The number of nitrogens with one attached hydrogen (secondary N) is 1. The molecule has 9 nitrogen and oxygen atoms in total. The first-order valence-corrected chi connectivity index (χ1v) is 12.6. The molecule has 0 spiro atoms. The van der Waals surface area contributed by atoms with Gasteiger partial charge in [0.15, 0.2) is 12.6 Å². The Bertz CT molecular complexity index is 1270. The molecule has 2 saturated heterocycles. The lowest BCUT2D eigenvalue weighted by Gasteiger charge is -2.49. The van der Waals surface area contributed by atoms with Gasteiger partial charge in [0, 0.05) is 12.5 Å². The van der Waals surface area contributed by atoms with Gasteiger partial charge in [-0.05, 0) is 29.3 Å². The molecule has 3 aromatic carbocycles. The van der Waals surface area contributed by atoms with E-state index in [1.807, 2.05) is 72.8 Å². The van der Waals surface area contributed by atoms with Gasteiger partial charge in [-0.1, -0.05) is 66.7 Å².